The highest BCUT2D eigenvalue weighted by atomic mass is 31.3. The largest absolute Gasteiger partial charge is 0.397 e. The monoisotopic (exact) mass is 389 g/mol. The minimum Gasteiger partial charge on any atom is -0.310 e. The van der Waals surface area contributed by atoms with Crippen LogP contribution in [0.15, 0.2) is 9.03 Å². The van der Waals surface area contributed by atoms with E-state index in [-0.39, 0.29) is 11.1 Å². The van der Waals surface area contributed by atoms with Crippen molar-refractivity contribution < 1.29 is 18.1 Å². The Balaban J connectivity index is 3.63. The molecule has 9 nitrogen and oxygen atoms in total. The quantitative estimate of drug-likeness (QED) is 0.602. The molecule has 3 N–H and O–H groups in total. The fourth-order valence-corrected chi connectivity index (χ4v) is 12.2. The maximum absolute atomic E-state index is 13.0. The standard InChI is InChI=1S/C11H30N5O4P3/c1-10(2,3)12-21(13-11(4,5)6)14-22(17,18-7)16-23(15-21,19-8)20-9/h12-13H,1-9H3,(H,14,17). The summed E-state index contributed by atoms with van der Waals surface area (Å²) in [7, 11) is -5.11. The highest BCUT2D eigenvalue weighted by Gasteiger charge is 2.44. The molecule has 1 rings (SSSR count). The summed E-state index contributed by atoms with van der Waals surface area (Å²) in [5.74, 6) is 0. The summed E-state index contributed by atoms with van der Waals surface area (Å²) in [6, 6.07) is 0. The van der Waals surface area contributed by atoms with Gasteiger partial charge in [-0.25, -0.2) is 4.57 Å². The number of nitrogens with one attached hydrogen (secondary N) is 3. The van der Waals surface area contributed by atoms with E-state index in [1.54, 1.807) is 0 Å². The second-order valence-corrected chi connectivity index (χ2v) is 14.3. The first-order chi connectivity index (χ1) is 10.2. The minimum atomic E-state index is -3.54. The topological polar surface area (TPSA) is 106 Å². The molecule has 0 amide bonds. The lowest BCUT2D eigenvalue weighted by Crippen LogP contribution is -2.47. The Hall–Kier alpha value is 0.450. The van der Waals surface area contributed by atoms with Crippen LogP contribution < -0.4 is 15.0 Å². The van der Waals surface area contributed by atoms with E-state index in [4.69, 9.17) is 18.1 Å². The van der Waals surface area contributed by atoms with Gasteiger partial charge in [-0.1, -0.05) is 0 Å². The molecule has 0 aromatic carbocycles. The van der Waals surface area contributed by atoms with Crippen molar-refractivity contribution in [2.75, 3.05) is 21.3 Å². The molecule has 0 radical (unpaired) electrons. The molecular formula is C11H30N5O4P3. The maximum Gasteiger partial charge on any atom is 0.397 e. The summed E-state index contributed by atoms with van der Waals surface area (Å²) in [6.45, 7) is 12.0. The van der Waals surface area contributed by atoms with E-state index in [2.05, 4.69) is 19.5 Å². The van der Waals surface area contributed by atoms with Crippen molar-refractivity contribution >= 4 is 22.8 Å². The zero-order valence-electron chi connectivity index (χ0n) is 15.4. The van der Waals surface area contributed by atoms with E-state index in [1.165, 1.54) is 21.3 Å². The van der Waals surface area contributed by atoms with Gasteiger partial charge in [0.15, 0.2) is 7.51 Å². The average Bonchev–Trinajstić information content (AvgIpc) is 2.33. The molecule has 0 aliphatic carbocycles. The van der Waals surface area contributed by atoms with Crippen molar-refractivity contribution in [2.45, 2.75) is 52.6 Å². The Morgan fingerprint density at radius 1 is 0.826 bits per heavy atom. The lowest BCUT2D eigenvalue weighted by atomic mass is 10.1. The SMILES string of the molecule is COP1(=O)N=P(OC)(OC)N=P(NC(C)(C)C)(NC(C)(C)C)N1. The first kappa shape index (κ1) is 21.5. The van der Waals surface area contributed by atoms with E-state index < -0.39 is 22.8 Å². The van der Waals surface area contributed by atoms with E-state index in [9.17, 15) is 4.57 Å². The van der Waals surface area contributed by atoms with Gasteiger partial charge in [-0.2, -0.15) is 9.37 Å². The van der Waals surface area contributed by atoms with E-state index >= 15 is 0 Å². The normalized spacial score (nSPS) is 27.2. The molecule has 1 aliphatic rings. The molecule has 0 saturated carbocycles. The first-order valence-corrected chi connectivity index (χ1v) is 12.0. The molecule has 0 aromatic heterocycles. The molecule has 23 heavy (non-hydrogen) atoms. The van der Waals surface area contributed by atoms with Gasteiger partial charge in [0.2, 0.25) is 0 Å². The average molecular weight is 389 g/mol. The van der Waals surface area contributed by atoms with Crippen LogP contribution in [0, 0.1) is 0 Å². The van der Waals surface area contributed by atoms with E-state index in [0.29, 0.717) is 0 Å². The molecule has 0 aromatic rings. The Kier molecular flexibility index (Phi) is 6.53. The van der Waals surface area contributed by atoms with Crippen LogP contribution in [-0.4, -0.2) is 32.4 Å². The molecule has 138 valence electrons. The number of hydrogen-bond acceptors (Lipinski definition) is 7. The highest BCUT2D eigenvalue weighted by Crippen LogP contribution is 2.73. The number of hydrogen-bond donors (Lipinski definition) is 3. The molecule has 0 bridgehead atoms. The van der Waals surface area contributed by atoms with Crippen LogP contribution in [-0.2, 0) is 18.1 Å². The lowest BCUT2D eigenvalue weighted by Gasteiger charge is -2.42. The lowest BCUT2D eigenvalue weighted by molar-refractivity contribution is 0.326. The van der Waals surface area contributed by atoms with Crippen LogP contribution in [0.25, 0.3) is 0 Å². The third-order valence-electron chi connectivity index (χ3n) is 2.47. The zero-order chi connectivity index (χ0) is 18.2. The summed E-state index contributed by atoms with van der Waals surface area (Å²) in [4.78, 5) is 2.99. The van der Waals surface area contributed by atoms with Gasteiger partial charge in [-0.15, -0.1) is 4.52 Å². The van der Waals surface area contributed by atoms with Crippen molar-refractivity contribution in [3.63, 3.8) is 0 Å². The Bertz CT molecular complexity index is 565. The fourth-order valence-electron chi connectivity index (χ4n) is 1.95. The van der Waals surface area contributed by atoms with Crippen molar-refractivity contribution in [3.05, 3.63) is 0 Å². The number of nitrogens with zero attached hydrogens (tertiary/aromatic N) is 2. The Morgan fingerprint density at radius 3 is 1.57 bits per heavy atom. The highest BCUT2D eigenvalue weighted by molar-refractivity contribution is 7.82. The van der Waals surface area contributed by atoms with Gasteiger partial charge in [0.25, 0.3) is 0 Å². The molecular weight excluding hydrogens is 359 g/mol. The van der Waals surface area contributed by atoms with Crippen molar-refractivity contribution in [1.29, 1.82) is 0 Å². The summed E-state index contributed by atoms with van der Waals surface area (Å²) in [6.07, 6.45) is 0. The summed E-state index contributed by atoms with van der Waals surface area (Å²) < 4.78 is 37.8. The molecule has 1 unspecified atom stereocenters. The Labute approximate surface area is 139 Å². The van der Waals surface area contributed by atoms with Crippen LogP contribution in [0.2, 0.25) is 0 Å². The van der Waals surface area contributed by atoms with Gasteiger partial charge in [-0.05, 0) is 41.5 Å². The third kappa shape index (κ3) is 6.03. The molecule has 12 heteroatoms. The zero-order valence-corrected chi connectivity index (χ0v) is 18.1. The van der Waals surface area contributed by atoms with Gasteiger partial charge in [0.1, 0.15) is 0 Å². The molecule has 0 spiro atoms. The van der Waals surface area contributed by atoms with Crippen LogP contribution >= 0.6 is 22.8 Å². The third-order valence-corrected chi connectivity index (χ3v) is 11.9. The predicted octanol–water partition coefficient (Wildman–Crippen LogP) is 4.31. The second-order valence-electron chi connectivity index (χ2n) is 7.20. The first-order valence-electron chi connectivity index (χ1n) is 7.15. The van der Waals surface area contributed by atoms with Crippen molar-refractivity contribution in [1.82, 2.24) is 15.0 Å². The van der Waals surface area contributed by atoms with Crippen LogP contribution in [0.3, 0.4) is 0 Å². The fraction of sp³-hybridized carbons (Fsp3) is 1.00. The van der Waals surface area contributed by atoms with Gasteiger partial charge < -0.3 is 13.6 Å². The van der Waals surface area contributed by atoms with Crippen LogP contribution in [0.5, 0.6) is 0 Å². The van der Waals surface area contributed by atoms with Gasteiger partial charge in [0.05, 0.1) is 0 Å². The van der Waals surface area contributed by atoms with Gasteiger partial charge in [0, 0.05) is 32.4 Å². The van der Waals surface area contributed by atoms with Crippen LogP contribution in [0.4, 0.5) is 0 Å². The molecule has 0 fully saturated rings. The van der Waals surface area contributed by atoms with Crippen LogP contribution in [0.1, 0.15) is 41.5 Å². The summed E-state index contributed by atoms with van der Waals surface area (Å²) in [5, 5.41) is 6.84. The Morgan fingerprint density at radius 2 is 1.26 bits per heavy atom. The smallest absolute Gasteiger partial charge is 0.310 e. The maximum atomic E-state index is 13.0. The van der Waals surface area contributed by atoms with E-state index in [0.717, 1.165) is 0 Å². The minimum absolute atomic E-state index is 0.310. The van der Waals surface area contributed by atoms with Crippen molar-refractivity contribution in [3.8, 4) is 0 Å². The molecule has 1 heterocycles. The molecule has 0 saturated heterocycles. The second kappa shape index (κ2) is 6.99. The van der Waals surface area contributed by atoms with Gasteiger partial charge >= 0.3 is 15.3 Å². The van der Waals surface area contributed by atoms with Gasteiger partial charge in [-0.3, -0.25) is 10.2 Å². The van der Waals surface area contributed by atoms with Crippen molar-refractivity contribution in [2.24, 2.45) is 9.03 Å². The molecule has 1 aliphatic heterocycles. The summed E-state index contributed by atoms with van der Waals surface area (Å²) in [5.41, 5.74) is -0.620. The predicted molar refractivity (Wildman–Crippen MR) is 96.2 cm³/mol. The molecule has 1 atom stereocenters. The number of rotatable bonds is 5. The van der Waals surface area contributed by atoms with E-state index in [1.807, 2.05) is 41.5 Å². The summed E-state index contributed by atoms with van der Waals surface area (Å²) >= 11 is 0.